The highest BCUT2D eigenvalue weighted by Crippen LogP contribution is 2.34. The molecule has 1 aliphatic rings. The van der Waals surface area contributed by atoms with Crippen LogP contribution in [0.15, 0.2) is 55.1 Å². The fourth-order valence-electron chi connectivity index (χ4n) is 4.27. The van der Waals surface area contributed by atoms with Crippen LogP contribution in [0.2, 0.25) is 0 Å². The van der Waals surface area contributed by atoms with Crippen molar-refractivity contribution in [3.05, 3.63) is 77.4 Å². The molecule has 0 heterocycles. The molecule has 3 rings (SSSR count). The molecule has 0 spiro atoms. The Labute approximate surface area is 172 Å². The molecule has 1 fully saturated rings. The molecule has 0 saturated heterocycles. The van der Waals surface area contributed by atoms with Gasteiger partial charge in [-0.2, -0.15) is 0 Å². The largest absolute Gasteiger partial charge is 0.0985 e. The van der Waals surface area contributed by atoms with E-state index in [9.17, 15) is 0 Å². The minimum atomic E-state index is 0.941. The van der Waals surface area contributed by atoms with Crippen LogP contribution in [0.25, 0.3) is 6.08 Å². The molecule has 0 amide bonds. The Morgan fingerprint density at radius 3 is 1.89 bits per heavy atom. The first-order valence-corrected chi connectivity index (χ1v) is 11.1. The van der Waals surface area contributed by atoms with E-state index in [1.165, 1.54) is 63.4 Å². The van der Waals surface area contributed by atoms with Gasteiger partial charge in [-0.1, -0.05) is 101 Å². The Morgan fingerprint density at radius 1 is 0.821 bits per heavy atom. The van der Waals surface area contributed by atoms with E-state index in [0.717, 1.165) is 28.5 Å². The van der Waals surface area contributed by atoms with Crippen LogP contribution in [0.5, 0.6) is 0 Å². The Kier molecular flexibility index (Phi) is 7.98. The lowest BCUT2D eigenvalue weighted by molar-refractivity contribution is 0.250. The molecular weight excluding hydrogens is 336 g/mol. The van der Waals surface area contributed by atoms with Gasteiger partial charge in [0.25, 0.3) is 0 Å². The second-order valence-electron chi connectivity index (χ2n) is 8.34. The van der Waals surface area contributed by atoms with Crippen molar-refractivity contribution in [3.8, 4) is 11.8 Å². The maximum atomic E-state index is 3.79. The number of hydrogen-bond acceptors (Lipinski definition) is 0. The molecule has 2 aromatic carbocycles. The predicted molar refractivity (Wildman–Crippen MR) is 122 cm³/mol. The van der Waals surface area contributed by atoms with Gasteiger partial charge in [-0.05, 0) is 60.1 Å². The molecular formula is C28H34. The third-order valence-corrected chi connectivity index (χ3v) is 6.23. The first-order chi connectivity index (χ1) is 13.8. The van der Waals surface area contributed by atoms with Gasteiger partial charge < -0.3 is 0 Å². The van der Waals surface area contributed by atoms with Crippen LogP contribution in [-0.4, -0.2) is 0 Å². The van der Waals surface area contributed by atoms with E-state index in [1.807, 2.05) is 6.08 Å². The Morgan fingerprint density at radius 2 is 1.36 bits per heavy atom. The number of rotatable bonds is 7. The monoisotopic (exact) mass is 370 g/mol. The van der Waals surface area contributed by atoms with Gasteiger partial charge in [0, 0.05) is 11.1 Å². The van der Waals surface area contributed by atoms with Crippen molar-refractivity contribution >= 4 is 6.08 Å². The molecule has 146 valence electrons. The maximum absolute atomic E-state index is 3.79. The Balaban J connectivity index is 1.45. The zero-order valence-electron chi connectivity index (χ0n) is 17.4. The zero-order valence-corrected chi connectivity index (χ0v) is 17.4. The van der Waals surface area contributed by atoms with Crippen LogP contribution in [0.4, 0.5) is 0 Å². The molecule has 0 aromatic heterocycles. The van der Waals surface area contributed by atoms with Crippen molar-refractivity contribution in [1.82, 2.24) is 0 Å². The second-order valence-corrected chi connectivity index (χ2v) is 8.34. The lowest BCUT2D eigenvalue weighted by Crippen LogP contribution is -2.15. The molecule has 0 heteroatoms. The number of hydrogen-bond donors (Lipinski definition) is 0. The average Bonchev–Trinajstić information content (AvgIpc) is 2.76. The summed E-state index contributed by atoms with van der Waals surface area (Å²) in [4.78, 5) is 0. The minimum Gasteiger partial charge on any atom is -0.0985 e. The SMILES string of the molecule is C=Cc1ccc(C#Cc2ccc(CCC3CCC(CCCC)CC3)cc2)cc1. The van der Waals surface area contributed by atoms with E-state index in [0.29, 0.717) is 0 Å². The van der Waals surface area contributed by atoms with Crippen molar-refractivity contribution < 1.29 is 0 Å². The summed E-state index contributed by atoms with van der Waals surface area (Å²) < 4.78 is 0. The summed E-state index contributed by atoms with van der Waals surface area (Å²) in [6.45, 7) is 6.09. The minimum absolute atomic E-state index is 0.941. The summed E-state index contributed by atoms with van der Waals surface area (Å²) in [6, 6.07) is 17.1. The van der Waals surface area contributed by atoms with Crippen LogP contribution >= 0.6 is 0 Å². The zero-order chi connectivity index (χ0) is 19.6. The lowest BCUT2D eigenvalue weighted by atomic mass is 9.78. The standard InChI is InChI=1S/C28H34/c1-3-5-6-24-11-13-26(14-12-24)17-18-28-21-19-27(20-22-28)16-15-25-9-7-23(4-2)8-10-25/h4,7-10,19-22,24,26H,2-3,5-6,11-14,17-18H2,1H3. The first kappa shape index (κ1) is 20.5. The van der Waals surface area contributed by atoms with E-state index < -0.39 is 0 Å². The highest BCUT2D eigenvalue weighted by atomic mass is 14.3. The Hall–Kier alpha value is -2.26. The molecule has 0 radical (unpaired) electrons. The van der Waals surface area contributed by atoms with Crippen LogP contribution in [-0.2, 0) is 6.42 Å². The maximum Gasteiger partial charge on any atom is 0.0249 e. The predicted octanol–water partition coefficient (Wildman–Crippen LogP) is 7.66. The van der Waals surface area contributed by atoms with Crippen molar-refractivity contribution in [2.45, 2.75) is 64.7 Å². The lowest BCUT2D eigenvalue weighted by Gasteiger charge is -2.28. The third kappa shape index (κ3) is 6.42. The summed E-state index contributed by atoms with van der Waals surface area (Å²) in [5.74, 6) is 8.48. The van der Waals surface area contributed by atoms with Gasteiger partial charge in [-0.25, -0.2) is 0 Å². The highest BCUT2D eigenvalue weighted by molar-refractivity contribution is 5.50. The smallest absolute Gasteiger partial charge is 0.0249 e. The Bertz CT molecular complexity index is 775. The molecule has 0 unspecified atom stereocenters. The number of aryl methyl sites for hydroxylation is 1. The average molecular weight is 371 g/mol. The molecule has 0 nitrogen and oxygen atoms in total. The topological polar surface area (TPSA) is 0 Å². The second kappa shape index (κ2) is 10.9. The van der Waals surface area contributed by atoms with Gasteiger partial charge in [0.15, 0.2) is 0 Å². The highest BCUT2D eigenvalue weighted by Gasteiger charge is 2.20. The fourth-order valence-corrected chi connectivity index (χ4v) is 4.27. The fraction of sp³-hybridized carbons (Fsp3) is 0.429. The number of benzene rings is 2. The summed E-state index contributed by atoms with van der Waals surface area (Å²) in [7, 11) is 0. The van der Waals surface area contributed by atoms with E-state index in [-0.39, 0.29) is 0 Å². The molecule has 0 atom stereocenters. The van der Waals surface area contributed by atoms with E-state index in [1.54, 1.807) is 0 Å². The molecule has 0 bridgehead atoms. The summed E-state index contributed by atoms with van der Waals surface area (Å²) >= 11 is 0. The molecule has 2 aromatic rings. The third-order valence-electron chi connectivity index (χ3n) is 6.23. The quantitative estimate of drug-likeness (QED) is 0.439. The van der Waals surface area contributed by atoms with Gasteiger partial charge in [-0.15, -0.1) is 0 Å². The van der Waals surface area contributed by atoms with Crippen molar-refractivity contribution in [1.29, 1.82) is 0 Å². The molecule has 28 heavy (non-hydrogen) atoms. The van der Waals surface area contributed by atoms with Gasteiger partial charge in [-0.3, -0.25) is 0 Å². The van der Waals surface area contributed by atoms with Crippen LogP contribution in [0.3, 0.4) is 0 Å². The normalized spacial score (nSPS) is 18.9. The van der Waals surface area contributed by atoms with Gasteiger partial charge in [0.1, 0.15) is 0 Å². The first-order valence-electron chi connectivity index (χ1n) is 11.1. The van der Waals surface area contributed by atoms with Gasteiger partial charge in [0.2, 0.25) is 0 Å². The molecule has 0 N–H and O–H groups in total. The summed E-state index contributed by atoms with van der Waals surface area (Å²) in [5.41, 5.74) is 4.72. The number of unbranched alkanes of at least 4 members (excludes halogenated alkanes) is 1. The van der Waals surface area contributed by atoms with Crippen LogP contribution in [0, 0.1) is 23.7 Å². The van der Waals surface area contributed by atoms with E-state index in [4.69, 9.17) is 0 Å². The summed E-state index contributed by atoms with van der Waals surface area (Å²) in [6.07, 6.45) is 14.5. The van der Waals surface area contributed by atoms with Gasteiger partial charge in [0.05, 0.1) is 0 Å². The molecule has 0 aliphatic heterocycles. The van der Waals surface area contributed by atoms with E-state index in [2.05, 4.69) is 73.9 Å². The van der Waals surface area contributed by atoms with Crippen LogP contribution < -0.4 is 0 Å². The summed E-state index contributed by atoms with van der Waals surface area (Å²) in [5, 5.41) is 0. The van der Waals surface area contributed by atoms with Crippen molar-refractivity contribution in [2.75, 3.05) is 0 Å². The molecule has 1 saturated carbocycles. The van der Waals surface area contributed by atoms with Gasteiger partial charge >= 0.3 is 0 Å². The van der Waals surface area contributed by atoms with Crippen molar-refractivity contribution in [3.63, 3.8) is 0 Å². The van der Waals surface area contributed by atoms with Crippen molar-refractivity contribution in [2.24, 2.45) is 11.8 Å². The van der Waals surface area contributed by atoms with Crippen LogP contribution in [0.1, 0.15) is 80.5 Å². The molecule has 1 aliphatic carbocycles. The van der Waals surface area contributed by atoms with E-state index >= 15 is 0 Å².